The van der Waals surface area contributed by atoms with Gasteiger partial charge >= 0.3 is 0 Å². The quantitative estimate of drug-likeness (QED) is 0.781. The molecular formula is C14H18N4O. The molecule has 0 spiro atoms. The smallest absolute Gasteiger partial charge is 0.211 e. The maximum Gasteiger partial charge on any atom is 0.211 e. The second-order valence-electron chi connectivity index (χ2n) is 6.11. The van der Waals surface area contributed by atoms with Crippen LogP contribution >= 0.6 is 0 Å². The van der Waals surface area contributed by atoms with Crippen LogP contribution in [0.1, 0.15) is 34.1 Å². The largest absolute Gasteiger partial charge is 0.480 e. The molecule has 3 unspecified atom stereocenters. The van der Waals surface area contributed by atoms with E-state index in [1.54, 1.807) is 0 Å². The van der Waals surface area contributed by atoms with Gasteiger partial charge < -0.3 is 10.1 Å². The van der Waals surface area contributed by atoms with Crippen LogP contribution in [0, 0.1) is 44.8 Å². The van der Waals surface area contributed by atoms with E-state index in [9.17, 15) is 10.5 Å². The average Bonchev–Trinajstić information content (AvgIpc) is 2.27. The SMILES string of the molecule is CCOC1=NC2(C)CC(C)(C)C1(C#N)C(=N)C2C#N. The molecule has 0 aromatic carbocycles. The van der Waals surface area contributed by atoms with Gasteiger partial charge in [0, 0.05) is 5.41 Å². The van der Waals surface area contributed by atoms with Crippen molar-refractivity contribution in [1.82, 2.24) is 0 Å². The van der Waals surface area contributed by atoms with Crippen LogP contribution in [0.4, 0.5) is 0 Å². The number of ether oxygens (including phenoxy) is 1. The van der Waals surface area contributed by atoms with E-state index in [2.05, 4.69) is 17.1 Å². The minimum atomic E-state index is -1.21. The number of nitriles is 2. The van der Waals surface area contributed by atoms with E-state index in [1.807, 2.05) is 27.7 Å². The minimum Gasteiger partial charge on any atom is -0.480 e. The molecule has 5 nitrogen and oxygen atoms in total. The highest BCUT2D eigenvalue weighted by Gasteiger charge is 2.68. The third-order valence-corrected chi connectivity index (χ3v) is 4.39. The van der Waals surface area contributed by atoms with Crippen molar-refractivity contribution < 1.29 is 4.74 Å². The number of nitrogens with one attached hydrogen (secondary N) is 1. The highest BCUT2D eigenvalue weighted by molar-refractivity contribution is 6.16. The summed E-state index contributed by atoms with van der Waals surface area (Å²) in [6.07, 6.45) is 0.602. The lowest BCUT2D eigenvalue weighted by Crippen LogP contribution is -2.67. The molecule has 0 aromatic rings. The summed E-state index contributed by atoms with van der Waals surface area (Å²) in [6.45, 7) is 8.00. The topological polar surface area (TPSA) is 93.0 Å². The summed E-state index contributed by atoms with van der Waals surface area (Å²) in [5.74, 6) is -0.336. The lowest BCUT2D eigenvalue weighted by Gasteiger charge is -2.57. The third-order valence-electron chi connectivity index (χ3n) is 4.39. The van der Waals surface area contributed by atoms with Crippen molar-refractivity contribution in [2.45, 2.75) is 39.7 Å². The van der Waals surface area contributed by atoms with E-state index in [4.69, 9.17) is 10.1 Å². The number of nitrogens with zero attached hydrogens (tertiary/aromatic N) is 3. The molecule has 2 bridgehead atoms. The zero-order valence-electron chi connectivity index (χ0n) is 11.7. The molecule has 3 atom stereocenters. The van der Waals surface area contributed by atoms with E-state index >= 15 is 0 Å². The lowest BCUT2D eigenvalue weighted by atomic mass is 9.48. The van der Waals surface area contributed by atoms with Gasteiger partial charge in [0.2, 0.25) is 5.90 Å². The van der Waals surface area contributed by atoms with E-state index < -0.39 is 22.3 Å². The Kier molecular flexibility index (Phi) is 2.71. The van der Waals surface area contributed by atoms with E-state index in [-0.39, 0.29) is 5.71 Å². The molecule has 0 amide bonds. The highest BCUT2D eigenvalue weighted by atomic mass is 16.5. The van der Waals surface area contributed by atoms with Gasteiger partial charge in [0.1, 0.15) is 5.92 Å². The molecule has 0 aromatic heterocycles. The molecule has 2 aliphatic heterocycles. The lowest BCUT2D eigenvalue weighted by molar-refractivity contribution is 0.0949. The summed E-state index contributed by atoms with van der Waals surface area (Å²) in [5.41, 5.74) is -2.21. The van der Waals surface area contributed by atoms with Crippen LogP contribution in [0.5, 0.6) is 0 Å². The van der Waals surface area contributed by atoms with Crippen LogP contribution in [-0.2, 0) is 4.74 Å². The molecule has 5 heteroatoms. The monoisotopic (exact) mass is 258 g/mol. The number of fused-ring (bicyclic) bond motifs is 2. The standard InChI is InChI=1S/C14H18N4O/c1-5-19-11-14(8-16)10(17)9(6-15)13(4,18-11)7-12(14,2)3/h9,17H,5,7H2,1-4H3. The van der Waals surface area contributed by atoms with Gasteiger partial charge in [0.05, 0.1) is 30.0 Å². The minimum absolute atomic E-state index is 0.134. The molecule has 1 aliphatic carbocycles. The second kappa shape index (κ2) is 3.81. The van der Waals surface area contributed by atoms with Crippen molar-refractivity contribution in [2.24, 2.45) is 21.7 Å². The molecule has 2 heterocycles. The van der Waals surface area contributed by atoms with Crippen LogP contribution in [-0.4, -0.2) is 23.8 Å². The Labute approximate surface area is 113 Å². The van der Waals surface area contributed by atoms with Crippen molar-refractivity contribution in [1.29, 1.82) is 15.9 Å². The van der Waals surface area contributed by atoms with E-state index in [0.29, 0.717) is 18.9 Å². The van der Waals surface area contributed by atoms with Crippen molar-refractivity contribution >= 4 is 11.6 Å². The van der Waals surface area contributed by atoms with Gasteiger partial charge in [-0.05, 0) is 20.3 Å². The molecule has 100 valence electrons. The molecule has 1 fully saturated rings. The van der Waals surface area contributed by atoms with Crippen molar-refractivity contribution in [3.8, 4) is 12.1 Å². The van der Waals surface area contributed by atoms with Crippen LogP contribution in [0.2, 0.25) is 0 Å². The molecular weight excluding hydrogens is 240 g/mol. The fourth-order valence-electron chi connectivity index (χ4n) is 3.59. The summed E-state index contributed by atoms with van der Waals surface area (Å²) in [4.78, 5) is 4.52. The predicted molar refractivity (Wildman–Crippen MR) is 70.7 cm³/mol. The Hall–Kier alpha value is -1.88. The van der Waals surface area contributed by atoms with Crippen LogP contribution in [0.25, 0.3) is 0 Å². The van der Waals surface area contributed by atoms with Crippen LogP contribution in [0.3, 0.4) is 0 Å². The maximum atomic E-state index is 9.71. The fourth-order valence-corrected chi connectivity index (χ4v) is 3.59. The average molecular weight is 258 g/mol. The normalized spacial score (nSPS) is 39.2. The third kappa shape index (κ3) is 1.39. The van der Waals surface area contributed by atoms with Gasteiger partial charge in [0.15, 0.2) is 5.41 Å². The number of hydrogen-bond acceptors (Lipinski definition) is 5. The van der Waals surface area contributed by atoms with Crippen molar-refractivity contribution in [2.75, 3.05) is 6.61 Å². The van der Waals surface area contributed by atoms with E-state index in [0.717, 1.165) is 0 Å². The molecule has 19 heavy (non-hydrogen) atoms. The zero-order valence-corrected chi connectivity index (χ0v) is 11.7. The van der Waals surface area contributed by atoms with Crippen molar-refractivity contribution in [3.63, 3.8) is 0 Å². The first-order valence-corrected chi connectivity index (χ1v) is 6.42. The Morgan fingerprint density at radius 1 is 1.42 bits per heavy atom. The van der Waals surface area contributed by atoms with Gasteiger partial charge in [-0.1, -0.05) is 13.8 Å². The van der Waals surface area contributed by atoms with E-state index in [1.165, 1.54) is 0 Å². The number of hydrogen-bond donors (Lipinski definition) is 1. The summed E-state index contributed by atoms with van der Waals surface area (Å²) < 4.78 is 5.55. The first-order chi connectivity index (χ1) is 8.79. The molecule has 0 saturated heterocycles. The van der Waals surface area contributed by atoms with Crippen LogP contribution < -0.4 is 0 Å². The summed E-state index contributed by atoms with van der Waals surface area (Å²) in [5, 5.41) is 27.4. The first kappa shape index (κ1) is 13.5. The molecule has 3 aliphatic rings. The second-order valence-corrected chi connectivity index (χ2v) is 6.11. The Morgan fingerprint density at radius 3 is 2.53 bits per heavy atom. The molecule has 0 radical (unpaired) electrons. The Bertz CT molecular complexity index is 551. The van der Waals surface area contributed by atoms with Crippen molar-refractivity contribution in [3.05, 3.63) is 0 Å². The zero-order chi connectivity index (χ0) is 14.5. The Morgan fingerprint density at radius 2 is 2.05 bits per heavy atom. The fraction of sp³-hybridized carbons (Fsp3) is 0.714. The summed E-state index contributed by atoms with van der Waals surface area (Å²) in [7, 11) is 0. The molecule has 3 rings (SSSR count). The maximum absolute atomic E-state index is 9.71. The van der Waals surface area contributed by atoms with Gasteiger partial charge in [-0.2, -0.15) is 10.5 Å². The van der Waals surface area contributed by atoms with Gasteiger partial charge in [-0.15, -0.1) is 0 Å². The molecule has 1 saturated carbocycles. The van der Waals surface area contributed by atoms with Crippen LogP contribution in [0.15, 0.2) is 4.99 Å². The summed E-state index contributed by atoms with van der Waals surface area (Å²) >= 11 is 0. The predicted octanol–water partition coefficient (Wildman–Crippen LogP) is 2.29. The van der Waals surface area contributed by atoms with Gasteiger partial charge in [-0.3, -0.25) is 0 Å². The number of aliphatic imine (C=N–C) groups is 1. The number of rotatable bonds is 1. The molecule has 1 N–H and O–H groups in total. The highest BCUT2D eigenvalue weighted by Crippen LogP contribution is 2.59. The van der Waals surface area contributed by atoms with Gasteiger partial charge in [-0.25, -0.2) is 4.99 Å². The summed E-state index contributed by atoms with van der Waals surface area (Å²) in [6, 6.07) is 4.38. The Balaban J connectivity index is 2.75. The first-order valence-electron chi connectivity index (χ1n) is 6.42. The van der Waals surface area contributed by atoms with Gasteiger partial charge in [0.25, 0.3) is 0 Å².